The number of benzene rings is 1. The van der Waals surface area contributed by atoms with Crippen molar-refractivity contribution in [2.45, 2.75) is 38.7 Å². The van der Waals surface area contributed by atoms with Crippen molar-refractivity contribution in [1.82, 2.24) is 14.9 Å². The summed E-state index contributed by atoms with van der Waals surface area (Å²) in [6.45, 7) is 2.65. The molecule has 0 spiro atoms. The molecule has 1 atom stereocenters. The molecule has 2 heterocycles. The van der Waals surface area contributed by atoms with Gasteiger partial charge < -0.3 is 14.4 Å². The van der Waals surface area contributed by atoms with Gasteiger partial charge in [-0.3, -0.25) is 4.79 Å². The minimum Gasteiger partial charge on any atom is -0.458 e. The van der Waals surface area contributed by atoms with E-state index in [1.807, 2.05) is 6.92 Å². The third-order valence-corrected chi connectivity index (χ3v) is 4.37. The number of carbonyl (C=O) groups excluding carboxylic acids is 1. The second-order valence-electron chi connectivity index (χ2n) is 6.40. The highest BCUT2D eigenvalue weighted by Crippen LogP contribution is 2.28. The van der Waals surface area contributed by atoms with Gasteiger partial charge in [-0.05, 0) is 37.0 Å². The van der Waals surface area contributed by atoms with Crippen molar-refractivity contribution in [1.29, 1.82) is 0 Å². The van der Waals surface area contributed by atoms with Crippen LogP contribution in [0, 0.1) is 0 Å². The first kappa shape index (κ1) is 19.9. The van der Waals surface area contributed by atoms with Crippen molar-refractivity contribution in [3.63, 3.8) is 0 Å². The Hall–Kier alpha value is -2.84. The number of aromatic nitrogens is 2. The van der Waals surface area contributed by atoms with Crippen LogP contribution in [0.1, 0.15) is 35.7 Å². The van der Waals surface area contributed by atoms with E-state index in [1.165, 1.54) is 23.1 Å². The Morgan fingerprint density at radius 1 is 1.25 bits per heavy atom. The lowest BCUT2D eigenvalue weighted by Crippen LogP contribution is -2.44. The summed E-state index contributed by atoms with van der Waals surface area (Å²) in [5.74, 6) is -1.04. The average Bonchev–Trinajstić information content (AvgIpc) is 2.67. The number of aryl methyl sites for hydroxylation is 1. The van der Waals surface area contributed by atoms with Gasteiger partial charge in [0.05, 0.1) is 12.1 Å². The van der Waals surface area contributed by atoms with Gasteiger partial charge in [0.1, 0.15) is 11.9 Å². The predicted molar refractivity (Wildman–Crippen MR) is 94.1 cm³/mol. The van der Waals surface area contributed by atoms with E-state index in [0.717, 1.165) is 18.1 Å². The van der Waals surface area contributed by atoms with Gasteiger partial charge in [0.15, 0.2) is 0 Å². The number of hydrogen-bond donors (Lipinski definition) is 0. The third-order valence-electron chi connectivity index (χ3n) is 4.37. The molecule has 1 saturated heterocycles. The van der Waals surface area contributed by atoms with Crippen molar-refractivity contribution in [3.05, 3.63) is 47.8 Å². The number of hydrogen-bond acceptors (Lipinski definition) is 5. The van der Waals surface area contributed by atoms with Crippen molar-refractivity contribution in [3.8, 4) is 11.8 Å². The number of amides is 1. The smallest absolute Gasteiger partial charge is 0.458 e. The first-order valence-corrected chi connectivity index (χ1v) is 8.97. The van der Waals surface area contributed by atoms with Crippen LogP contribution < -0.4 is 9.47 Å². The number of halogens is 3. The van der Waals surface area contributed by atoms with Gasteiger partial charge in [-0.2, -0.15) is 0 Å². The SMILES string of the molecule is CCc1cnc(OC2CCCN(C(=O)c3ccccc3OC(F)(F)F)C2)nc1. The molecule has 1 unspecified atom stereocenters. The third kappa shape index (κ3) is 5.11. The maximum atomic E-state index is 12.8. The maximum Gasteiger partial charge on any atom is 0.573 e. The van der Waals surface area contributed by atoms with Crippen molar-refractivity contribution in [2.75, 3.05) is 13.1 Å². The molecule has 1 aromatic carbocycles. The molecule has 6 nitrogen and oxygen atoms in total. The normalized spacial score (nSPS) is 17.3. The molecule has 1 aliphatic rings. The maximum absolute atomic E-state index is 12.8. The average molecular weight is 395 g/mol. The number of alkyl halides is 3. The zero-order valence-corrected chi connectivity index (χ0v) is 15.3. The topological polar surface area (TPSA) is 64.5 Å². The summed E-state index contributed by atoms with van der Waals surface area (Å²) in [5, 5.41) is 0. The highest BCUT2D eigenvalue weighted by atomic mass is 19.4. The highest BCUT2D eigenvalue weighted by molar-refractivity contribution is 5.97. The Morgan fingerprint density at radius 2 is 1.96 bits per heavy atom. The van der Waals surface area contributed by atoms with Crippen LogP contribution in [0.5, 0.6) is 11.8 Å². The summed E-state index contributed by atoms with van der Waals surface area (Å²) in [7, 11) is 0. The number of rotatable bonds is 5. The molecule has 1 aromatic heterocycles. The molecule has 9 heteroatoms. The molecule has 0 saturated carbocycles. The van der Waals surface area contributed by atoms with E-state index in [0.29, 0.717) is 19.4 Å². The molecule has 0 aliphatic carbocycles. The molecular weight excluding hydrogens is 375 g/mol. The van der Waals surface area contributed by atoms with Crippen LogP contribution in [0.3, 0.4) is 0 Å². The first-order valence-electron chi connectivity index (χ1n) is 8.97. The fourth-order valence-corrected chi connectivity index (χ4v) is 2.98. The molecule has 150 valence electrons. The second kappa shape index (κ2) is 8.45. The zero-order chi connectivity index (χ0) is 20.1. The monoisotopic (exact) mass is 395 g/mol. The molecule has 0 N–H and O–H groups in total. The van der Waals surface area contributed by atoms with E-state index in [2.05, 4.69) is 14.7 Å². The lowest BCUT2D eigenvalue weighted by Gasteiger charge is -2.32. The standard InChI is InChI=1S/C19H20F3N3O3/c1-2-13-10-23-18(24-11-13)27-14-6-5-9-25(12-14)17(26)15-7-3-4-8-16(15)28-19(20,21)22/h3-4,7-8,10-11,14H,2,5-6,9,12H2,1H3. The first-order chi connectivity index (χ1) is 13.4. The van der Waals surface area contributed by atoms with Crippen LogP contribution in [-0.4, -0.2) is 46.3 Å². The van der Waals surface area contributed by atoms with Crippen molar-refractivity contribution >= 4 is 5.91 Å². The quantitative estimate of drug-likeness (QED) is 0.774. The van der Waals surface area contributed by atoms with E-state index in [1.54, 1.807) is 12.4 Å². The van der Waals surface area contributed by atoms with E-state index in [9.17, 15) is 18.0 Å². The van der Waals surface area contributed by atoms with Crippen LogP contribution in [0.2, 0.25) is 0 Å². The van der Waals surface area contributed by atoms with Crippen LogP contribution >= 0.6 is 0 Å². The van der Waals surface area contributed by atoms with Crippen molar-refractivity contribution < 1.29 is 27.4 Å². The Morgan fingerprint density at radius 3 is 2.64 bits per heavy atom. The van der Waals surface area contributed by atoms with Crippen LogP contribution in [0.25, 0.3) is 0 Å². The fraction of sp³-hybridized carbons (Fsp3) is 0.421. The lowest BCUT2D eigenvalue weighted by molar-refractivity contribution is -0.274. The summed E-state index contributed by atoms with van der Waals surface area (Å²) in [5.41, 5.74) is 0.845. The Bertz CT molecular complexity index is 812. The van der Waals surface area contributed by atoms with Gasteiger partial charge in [0.25, 0.3) is 5.91 Å². The molecule has 1 amide bonds. The van der Waals surface area contributed by atoms with Gasteiger partial charge >= 0.3 is 12.4 Å². The number of carbonyl (C=O) groups is 1. The minimum absolute atomic E-state index is 0.135. The van der Waals surface area contributed by atoms with Gasteiger partial charge in [-0.15, -0.1) is 13.2 Å². The van der Waals surface area contributed by atoms with Gasteiger partial charge in [0.2, 0.25) is 0 Å². The molecule has 0 radical (unpaired) electrons. The fourth-order valence-electron chi connectivity index (χ4n) is 2.98. The number of likely N-dealkylation sites (tertiary alicyclic amines) is 1. The largest absolute Gasteiger partial charge is 0.573 e. The Balaban J connectivity index is 1.69. The summed E-state index contributed by atoms with van der Waals surface area (Å²) < 4.78 is 47.6. The summed E-state index contributed by atoms with van der Waals surface area (Å²) >= 11 is 0. The number of ether oxygens (including phenoxy) is 2. The van der Waals surface area contributed by atoms with Gasteiger partial charge in [0, 0.05) is 18.9 Å². The number of piperidine rings is 1. The molecule has 3 rings (SSSR count). The number of nitrogens with zero attached hydrogens (tertiary/aromatic N) is 3. The van der Waals surface area contributed by atoms with Gasteiger partial charge in [-0.1, -0.05) is 19.1 Å². The Kier molecular flexibility index (Phi) is 6.01. The van der Waals surface area contributed by atoms with E-state index >= 15 is 0 Å². The molecule has 28 heavy (non-hydrogen) atoms. The highest BCUT2D eigenvalue weighted by Gasteiger charge is 2.34. The molecule has 2 aromatic rings. The number of para-hydroxylation sites is 1. The Labute approximate surface area is 160 Å². The van der Waals surface area contributed by atoms with E-state index < -0.39 is 18.0 Å². The van der Waals surface area contributed by atoms with E-state index in [4.69, 9.17) is 4.74 Å². The molecular formula is C19H20F3N3O3. The van der Waals surface area contributed by atoms with E-state index in [-0.39, 0.29) is 24.2 Å². The van der Waals surface area contributed by atoms with Crippen molar-refractivity contribution in [2.24, 2.45) is 0 Å². The van der Waals surface area contributed by atoms with Gasteiger partial charge in [-0.25, -0.2) is 9.97 Å². The van der Waals surface area contributed by atoms with Crippen LogP contribution in [0.15, 0.2) is 36.7 Å². The summed E-state index contributed by atoms with van der Waals surface area (Å²) in [6.07, 6.45) is 0.324. The molecule has 0 bridgehead atoms. The van der Waals surface area contributed by atoms with Crippen LogP contribution in [0.4, 0.5) is 13.2 Å². The van der Waals surface area contributed by atoms with Crippen LogP contribution in [-0.2, 0) is 6.42 Å². The molecule has 1 fully saturated rings. The summed E-state index contributed by atoms with van der Waals surface area (Å²) in [6, 6.07) is 5.55. The summed E-state index contributed by atoms with van der Waals surface area (Å²) in [4.78, 5) is 22.5. The molecule has 1 aliphatic heterocycles. The minimum atomic E-state index is -4.87. The second-order valence-corrected chi connectivity index (χ2v) is 6.40. The zero-order valence-electron chi connectivity index (χ0n) is 15.3. The lowest BCUT2D eigenvalue weighted by atomic mass is 10.1. The predicted octanol–water partition coefficient (Wildman–Crippen LogP) is 3.62.